The lowest BCUT2D eigenvalue weighted by atomic mass is 10.3. The van der Waals surface area contributed by atoms with Gasteiger partial charge in [0, 0.05) is 25.8 Å². The van der Waals surface area contributed by atoms with Crippen molar-refractivity contribution in [3.63, 3.8) is 0 Å². The van der Waals surface area contributed by atoms with Gasteiger partial charge in [0.2, 0.25) is 10.0 Å². The highest BCUT2D eigenvalue weighted by molar-refractivity contribution is 7.89. The third-order valence-electron chi connectivity index (χ3n) is 3.37. The molecule has 1 aromatic heterocycles. The Labute approximate surface area is 123 Å². The summed E-state index contributed by atoms with van der Waals surface area (Å²) in [5, 5.41) is 4.25. The molecular formula is C14H27N3O2S. The maximum absolute atomic E-state index is 12.8. The molecule has 0 saturated carbocycles. The molecule has 0 aliphatic heterocycles. The largest absolute Gasteiger partial charge is 0.271 e. The molecule has 0 spiro atoms. The predicted octanol–water partition coefficient (Wildman–Crippen LogP) is 2.80. The van der Waals surface area contributed by atoms with E-state index in [1.807, 2.05) is 6.92 Å². The van der Waals surface area contributed by atoms with Gasteiger partial charge in [0.25, 0.3) is 0 Å². The molecule has 0 saturated heterocycles. The van der Waals surface area contributed by atoms with E-state index >= 15 is 0 Å². The van der Waals surface area contributed by atoms with Crippen LogP contribution in [0.15, 0.2) is 11.1 Å². The van der Waals surface area contributed by atoms with Gasteiger partial charge in [-0.25, -0.2) is 8.42 Å². The van der Waals surface area contributed by atoms with Crippen LogP contribution >= 0.6 is 0 Å². The fourth-order valence-corrected chi connectivity index (χ4v) is 3.76. The lowest BCUT2D eigenvalue weighted by Gasteiger charge is -2.21. The summed E-state index contributed by atoms with van der Waals surface area (Å²) in [7, 11) is -3.42. The average molecular weight is 301 g/mol. The lowest BCUT2D eigenvalue weighted by molar-refractivity contribution is 0.395. The van der Waals surface area contributed by atoms with Crippen molar-refractivity contribution in [3.8, 4) is 0 Å². The highest BCUT2D eigenvalue weighted by Gasteiger charge is 2.27. The first-order chi connectivity index (χ1) is 9.47. The minimum atomic E-state index is -3.42. The molecule has 116 valence electrons. The Kier molecular flexibility index (Phi) is 6.68. The summed E-state index contributed by atoms with van der Waals surface area (Å²) in [4.78, 5) is 0.353. The van der Waals surface area contributed by atoms with Gasteiger partial charge in [-0.3, -0.25) is 4.68 Å². The van der Waals surface area contributed by atoms with Crippen molar-refractivity contribution in [2.75, 3.05) is 13.1 Å². The molecule has 0 N–H and O–H groups in total. The van der Waals surface area contributed by atoms with Crippen LogP contribution in [0.1, 0.15) is 52.1 Å². The summed E-state index contributed by atoms with van der Waals surface area (Å²) in [6.45, 7) is 9.73. The number of aromatic nitrogens is 2. The standard InChI is InChI=1S/C14H27N3O2S/c1-5-8-10-17(11-9-6-2)20(18,19)14-12-16(7-3)15-13(14)4/h12H,5-11H2,1-4H3. The second kappa shape index (κ2) is 7.78. The molecule has 20 heavy (non-hydrogen) atoms. The average Bonchev–Trinajstić information content (AvgIpc) is 2.80. The zero-order valence-electron chi connectivity index (χ0n) is 13.1. The molecule has 0 radical (unpaired) electrons. The number of unbranched alkanes of at least 4 members (excludes halogenated alkanes) is 2. The molecule has 0 bridgehead atoms. The minimum Gasteiger partial charge on any atom is -0.271 e. The number of aryl methyl sites for hydroxylation is 2. The van der Waals surface area contributed by atoms with Gasteiger partial charge in [-0.2, -0.15) is 9.40 Å². The van der Waals surface area contributed by atoms with Gasteiger partial charge in [0.15, 0.2) is 0 Å². The van der Waals surface area contributed by atoms with Gasteiger partial charge in [-0.05, 0) is 26.7 Å². The topological polar surface area (TPSA) is 55.2 Å². The Morgan fingerprint density at radius 3 is 2.10 bits per heavy atom. The Bertz CT molecular complexity index is 500. The smallest absolute Gasteiger partial charge is 0.246 e. The van der Waals surface area contributed by atoms with Crippen molar-refractivity contribution in [2.45, 2.75) is 64.8 Å². The number of nitrogens with zero attached hydrogens (tertiary/aromatic N) is 3. The van der Waals surface area contributed by atoms with Crippen LogP contribution in [0.5, 0.6) is 0 Å². The SMILES string of the molecule is CCCCN(CCCC)S(=O)(=O)c1cn(CC)nc1C. The fourth-order valence-electron chi connectivity index (χ4n) is 2.08. The van der Waals surface area contributed by atoms with Crippen molar-refractivity contribution in [1.29, 1.82) is 0 Å². The molecule has 1 rings (SSSR count). The first kappa shape index (κ1) is 17.2. The summed E-state index contributed by atoms with van der Waals surface area (Å²) < 4.78 is 28.8. The summed E-state index contributed by atoms with van der Waals surface area (Å²) in [5.41, 5.74) is 0.588. The maximum Gasteiger partial charge on any atom is 0.246 e. The van der Waals surface area contributed by atoms with Crippen LogP contribution in [0, 0.1) is 6.92 Å². The zero-order valence-corrected chi connectivity index (χ0v) is 13.9. The number of hydrogen-bond acceptors (Lipinski definition) is 3. The Balaban J connectivity index is 3.03. The highest BCUT2D eigenvalue weighted by atomic mass is 32.2. The van der Waals surface area contributed by atoms with Gasteiger partial charge in [-0.15, -0.1) is 0 Å². The predicted molar refractivity (Wildman–Crippen MR) is 81.2 cm³/mol. The first-order valence-corrected chi connectivity index (χ1v) is 8.95. The number of hydrogen-bond donors (Lipinski definition) is 0. The van der Waals surface area contributed by atoms with Crippen LogP contribution in [0.2, 0.25) is 0 Å². The van der Waals surface area contributed by atoms with Crippen LogP contribution in [0.4, 0.5) is 0 Å². The van der Waals surface area contributed by atoms with Gasteiger partial charge in [-0.1, -0.05) is 26.7 Å². The van der Waals surface area contributed by atoms with E-state index in [4.69, 9.17) is 0 Å². The van der Waals surface area contributed by atoms with Crippen molar-refractivity contribution in [2.24, 2.45) is 0 Å². The van der Waals surface area contributed by atoms with Gasteiger partial charge < -0.3 is 0 Å². The van der Waals surface area contributed by atoms with Crippen molar-refractivity contribution in [1.82, 2.24) is 14.1 Å². The maximum atomic E-state index is 12.8. The Hall–Kier alpha value is -0.880. The number of sulfonamides is 1. The van der Waals surface area contributed by atoms with Gasteiger partial charge >= 0.3 is 0 Å². The minimum absolute atomic E-state index is 0.353. The Morgan fingerprint density at radius 1 is 1.15 bits per heavy atom. The molecule has 0 aromatic carbocycles. The summed E-state index contributed by atoms with van der Waals surface area (Å²) in [6, 6.07) is 0. The third kappa shape index (κ3) is 4.06. The Morgan fingerprint density at radius 2 is 1.70 bits per heavy atom. The quantitative estimate of drug-likeness (QED) is 0.705. The van der Waals surface area contributed by atoms with Gasteiger partial charge in [0.1, 0.15) is 4.90 Å². The molecule has 0 amide bonds. The molecule has 5 nitrogen and oxygen atoms in total. The van der Waals surface area contributed by atoms with Crippen LogP contribution < -0.4 is 0 Å². The third-order valence-corrected chi connectivity index (χ3v) is 5.37. The first-order valence-electron chi connectivity index (χ1n) is 7.51. The summed E-state index contributed by atoms with van der Waals surface area (Å²) >= 11 is 0. The summed E-state index contributed by atoms with van der Waals surface area (Å²) in [5.74, 6) is 0. The van der Waals surface area contributed by atoms with E-state index in [0.717, 1.165) is 25.7 Å². The van der Waals surface area contributed by atoms with E-state index in [1.54, 1.807) is 22.1 Å². The van der Waals surface area contributed by atoms with Crippen LogP contribution in [0.3, 0.4) is 0 Å². The fraction of sp³-hybridized carbons (Fsp3) is 0.786. The van der Waals surface area contributed by atoms with Crippen LogP contribution in [-0.4, -0.2) is 35.6 Å². The molecule has 0 fully saturated rings. The van der Waals surface area contributed by atoms with Gasteiger partial charge in [0.05, 0.1) is 5.69 Å². The van der Waals surface area contributed by atoms with E-state index < -0.39 is 10.0 Å². The molecule has 0 aliphatic carbocycles. The molecule has 1 aromatic rings. The van der Waals surface area contributed by atoms with E-state index in [-0.39, 0.29) is 0 Å². The highest BCUT2D eigenvalue weighted by Crippen LogP contribution is 2.20. The van der Waals surface area contributed by atoms with E-state index in [0.29, 0.717) is 30.2 Å². The number of rotatable bonds is 9. The van der Waals surface area contributed by atoms with Crippen LogP contribution in [0.25, 0.3) is 0 Å². The molecule has 1 heterocycles. The van der Waals surface area contributed by atoms with E-state index in [2.05, 4.69) is 18.9 Å². The molecule has 0 aliphatic rings. The lowest BCUT2D eigenvalue weighted by Crippen LogP contribution is -2.33. The van der Waals surface area contributed by atoms with Crippen molar-refractivity contribution >= 4 is 10.0 Å². The second-order valence-electron chi connectivity index (χ2n) is 5.05. The molecule has 0 atom stereocenters. The normalized spacial score (nSPS) is 12.2. The zero-order chi connectivity index (χ0) is 15.2. The van der Waals surface area contributed by atoms with E-state index in [1.165, 1.54) is 0 Å². The molecule has 0 unspecified atom stereocenters. The van der Waals surface area contributed by atoms with Crippen molar-refractivity contribution < 1.29 is 8.42 Å². The monoisotopic (exact) mass is 301 g/mol. The van der Waals surface area contributed by atoms with E-state index in [9.17, 15) is 8.42 Å². The summed E-state index contributed by atoms with van der Waals surface area (Å²) in [6.07, 6.45) is 5.42. The molecule has 6 heteroatoms. The second-order valence-corrected chi connectivity index (χ2v) is 6.95. The molecular weight excluding hydrogens is 274 g/mol. The van der Waals surface area contributed by atoms with Crippen molar-refractivity contribution in [3.05, 3.63) is 11.9 Å². The van der Waals surface area contributed by atoms with Crippen LogP contribution in [-0.2, 0) is 16.6 Å².